The lowest BCUT2D eigenvalue weighted by Gasteiger charge is -2.49. The summed E-state index contributed by atoms with van der Waals surface area (Å²) in [6.07, 6.45) is -40.9. The highest BCUT2D eigenvalue weighted by molar-refractivity contribution is 5.73. The first-order chi connectivity index (χ1) is 29.2. The molecule has 360 valence electrons. The largest absolute Gasteiger partial charge is 0.394 e. The SMILES string of the molecule is CC(=O)N[C@H]1[C@H](OC[C@H]2O[C@H](OC[C@H]3O[C@@H](O)[C@@H](O)[C@@H](O)[C@@H]3O)[C@@H](O)[C@@H](O)[C@@H]2O)O[C@H](CO)[C@@H](O[C@@H]2O[C@H](CO)[C@H](O)[C@H](O[C@@H]3O[C@H](CO)[C@@H](O)[C@H](O)[C@H]3NC(C)=O)[C@H]2O)[C@@H]1O. The molecule has 17 N–H and O–H groups in total. The van der Waals surface area contributed by atoms with E-state index in [-0.39, 0.29) is 0 Å². The summed E-state index contributed by atoms with van der Waals surface area (Å²) >= 11 is 0. The Bertz CT molecular complexity index is 1440. The second-order valence-electron chi connectivity index (χ2n) is 15.5. The zero-order valence-corrected chi connectivity index (χ0v) is 33.2. The van der Waals surface area contributed by atoms with E-state index in [1.807, 2.05) is 0 Å². The third-order valence-corrected chi connectivity index (χ3v) is 11.1. The van der Waals surface area contributed by atoms with E-state index >= 15 is 0 Å². The Labute approximate surface area is 351 Å². The minimum absolute atomic E-state index is 0.685. The average molecular weight is 911 g/mol. The molecule has 0 bridgehead atoms. The van der Waals surface area contributed by atoms with Crippen molar-refractivity contribution in [3.8, 4) is 0 Å². The van der Waals surface area contributed by atoms with Gasteiger partial charge in [-0.25, -0.2) is 0 Å². The molecule has 5 fully saturated rings. The Kier molecular flexibility index (Phi) is 18.1. The predicted octanol–water partition coefficient (Wildman–Crippen LogP) is -11.6. The first-order valence-corrected chi connectivity index (χ1v) is 19.6. The molecule has 62 heavy (non-hydrogen) atoms. The first-order valence-electron chi connectivity index (χ1n) is 19.6. The molecule has 5 aliphatic rings. The Balaban J connectivity index is 1.28. The molecule has 5 aliphatic heterocycles. The summed E-state index contributed by atoms with van der Waals surface area (Å²) in [5.74, 6) is -1.48. The van der Waals surface area contributed by atoms with Crippen LogP contribution in [0.4, 0.5) is 0 Å². The monoisotopic (exact) mass is 910 g/mol. The highest BCUT2D eigenvalue weighted by atomic mass is 16.8. The van der Waals surface area contributed by atoms with E-state index in [2.05, 4.69) is 10.6 Å². The van der Waals surface area contributed by atoms with Crippen LogP contribution in [-0.2, 0) is 52.2 Å². The molecule has 0 aromatic rings. The highest BCUT2D eigenvalue weighted by Crippen LogP contribution is 2.34. The second-order valence-corrected chi connectivity index (χ2v) is 15.5. The van der Waals surface area contributed by atoms with Gasteiger partial charge in [0.05, 0.1) is 33.0 Å². The van der Waals surface area contributed by atoms with Crippen molar-refractivity contribution >= 4 is 11.8 Å². The van der Waals surface area contributed by atoms with Crippen LogP contribution in [0.25, 0.3) is 0 Å². The standard InChI is InChI=1S/C34H58N2O26/c1-8(40)35-15-21(46)17(42)10(3-37)57-32(15)62-29-20(45)11(4-38)58-34(27(29)52)61-28-12(5-39)59-31(16(22(28)47)36-9(2)41)54-7-14-19(44)24(49)26(51)33(60-14)55-6-13-18(43)23(48)25(50)30(53)56-13/h10-34,37-39,42-53H,3-7H2,1-2H3,(H,35,40)(H,36,41)/t10-,11-,12-,13-,14-,15-,16-,17-,18-,19-,20+,21-,22-,23+,24+,25+,26+,27-,28-,29+,30-,31-,32+,33+,34+/m1/s1. The molecule has 28 nitrogen and oxygen atoms in total. The fraction of sp³-hybridized carbons (Fsp3) is 0.941. The zero-order chi connectivity index (χ0) is 45.9. The predicted molar refractivity (Wildman–Crippen MR) is 190 cm³/mol. The highest BCUT2D eigenvalue weighted by Gasteiger charge is 2.55. The van der Waals surface area contributed by atoms with Crippen LogP contribution in [0.1, 0.15) is 13.8 Å². The van der Waals surface area contributed by atoms with E-state index < -0.39 is 198 Å². The van der Waals surface area contributed by atoms with Gasteiger partial charge in [0.1, 0.15) is 122 Å². The van der Waals surface area contributed by atoms with E-state index in [1.165, 1.54) is 0 Å². The maximum Gasteiger partial charge on any atom is 0.217 e. The summed E-state index contributed by atoms with van der Waals surface area (Å²) in [5, 5.41) is 162. The quantitative estimate of drug-likeness (QED) is 0.0725. The minimum atomic E-state index is -2.07. The van der Waals surface area contributed by atoms with Crippen LogP contribution in [0.2, 0.25) is 0 Å². The van der Waals surface area contributed by atoms with E-state index in [4.69, 9.17) is 42.6 Å². The van der Waals surface area contributed by atoms with Crippen LogP contribution in [0.15, 0.2) is 0 Å². The van der Waals surface area contributed by atoms with Crippen molar-refractivity contribution < 1.29 is 129 Å². The molecule has 0 unspecified atom stereocenters. The van der Waals surface area contributed by atoms with Crippen molar-refractivity contribution in [2.24, 2.45) is 0 Å². The number of amides is 2. The third-order valence-electron chi connectivity index (χ3n) is 11.1. The molecule has 5 rings (SSSR count). The number of carbonyl (C=O) groups excluding carboxylic acids is 2. The van der Waals surface area contributed by atoms with Crippen LogP contribution >= 0.6 is 0 Å². The molecule has 0 aromatic carbocycles. The van der Waals surface area contributed by atoms with Crippen molar-refractivity contribution in [3.05, 3.63) is 0 Å². The van der Waals surface area contributed by atoms with Crippen molar-refractivity contribution in [2.45, 2.75) is 167 Å². The molecule has 28 heteroatoms. The summed E-state index contributed by atoms with van der Waals surface area (Å²) in [5.41, 5.74) is 0. The first kappa shape index (κ1) is 51.0. The molecule has 0 saturated carbocycles. The number of nitrogens with one attached hydrogen (secondary N) is 2. The van der Waals surface area contributed by atoms with Crippen LogP contribution in [-0.4, -0.2) is 275 Å². The van der Waals surface area contributed by atoms with Gasteiger partial charge in [0.15, 0.2) is 31.5 Å². The maximum absolute atomic E-state index is 12.3. The smallest absolute Gasteiger partial charge is 0.217 e. The lowest BCUT2D eigenvalue weighted by molar-refractivity contribution is -0.371. The molecular formula is C34H58N2O26. The van der Waals surface area contributed by atoms with Gasteiger partial charge in [0, 0.05) is 13.8 Å². The van der Waals surface area contributed by atoms with E-state index in [0.717, 1.165) is 13.8 Å². The minimum Gasteiger partial charge on any atom is -0.394 e. The van der Waals surface area contributed by atoms with E-state index in [1.54, 1.807) is 0 Å². The van der Waals surface area contributed by atoms with Gasteiger partial charge >= 0.3 is 0 Å². The molecule has 25 atom stereocenters. The lowest BCUT2D eigenvalue weighted by atomic mass is 9.94. The number of carbonyl (C=O) groups is 2. The van der Waals surface area contributed by atoms with Gasteiger partial charge in [-0.2, -0.15) is 0 Å². The molecule has 5 heterocycles. The molecular weight excluding hydrogens is 852 g/mol. The van der Waals surface area contributed by atoms with Crippen LogP contribution in [0.3, 0.4) is 0 Å². The van der Waals surface area contributed by atoms with Crippen LogP contribution < -0.4 is 10.6 Å². The summed E-state index contributed by atoms with van der Waals surface area (Å²) in [7, 11) is 0. The zero-order valence-electron chi connectivity index (χ0n) is 33.2. The average Bonchev–Trinajstić information content (AvgIpc) is 3.23. The van der Waals surface area contributed by atoms with Gasteiger partial charge in [-0.3, -0.25) is 9.59 Å². The van der Waals surface area contributed by atoms with Gasteiger partial charge in [-0.05, 0) is 0 Å². The number of aliphatic hydroxyl groups excluding tert-OH is 15. The molecule has 0 aliphatic carbocycles. The number of hydrogen-bond donors (Lipinski definition) is 17. The summed E-state index contributed by atoms with van der Waals surface area (Å²) in [6.45, 7) is -2.00. The molecule has 0 aromatic heterocycles. The molecule has 5 saturated heterocycles. The maximum atomic E-state index is 12.3. The molecule has 2 amide bonds. The Hall–Kier alpha value is -2.02. The van der Waals surface area contributed by atoms with Crippen LogP contribution in [0, 0.1) is 0 Å². The number of ether oxygens (including phenoxy) is 9. The van der Waals surface area contributed by atoms with Crippen molar-refractivity contribution in [2.75, 3.05) is 33.0 Å². The normalized spacial score (nSPS) is 49.0. The van der Waals surface area contributed by atoms with Crippen molar-refractivity contribution in [1.29, 1.82) is 0 Å². The van der Waals surface area contributed by atoms with Crippen LogP contribution in [0.5, 0.6) is 0 Å². The fourth-order valence-electron chi connectivity index (χ4n) is 7.63. The Morgan fingerprint density at radius 2 is 0.855 bits per heavy atom. The van der Waals surface area contributed by atoms with Gasteiger partial charge in [0.25, 0.3) is 0 Å². The topological polar surface area (TPSA) is 445 Å². The van der Waals surface area contributed by atoms with Gasteiger partial charge in [-0.1, -0.05) is 0 Å². The summed E-state index contributed by atoms with van der Waals surface area (Å²) < 4.78 is 50.4. The summed E-state index contributed by atoms with van der Waals surface area (Å²) in [6, 6.07) is -3.12. The van der Waals surface area contributed by atoms with Crippen molar-refractivity contribution in [3.63, 3.8) is 0 Å². The fourth-order valence-corrected chi connectivity index (χ4v) is 7.63. The molecule has 0 spiro atoms. The van der Waals surface area contributed by atoms with Crippen molar-refractivity contribution in [1.82, 2.24) is 10.6 Å². The summed E-state index contributed by atoms with van der Waals surface area (Å²) in [4.78, 5) is 24.3. The molecule has 0 radical (unpaired) electrons. The van der Waals surface area contributed by atoms with Gasteiger partial charge in [-0.15, -0.1) is 0 Å². The number of hydrogen-bond acceptors (Lipinski definition) is 26. The Morgan fingerprint density at radius 3 is 1.42 bits per heavy atom. The Morgan fingerprint density at radius 1 is 0.419 bits per heavy atom. The van der Waals surface area contributed by atoms with Gasteiger partial charge in [0.2, 0.25) is 11.8 Å². The second kappa shape index (κ2) is 22.0. The lowest BCUT2D eigenvalue weighted by Crippen LogP contribution is -2.69. The number of rotatable bonds is 15. The van der Waals surface area contributed by atoms with Gasteiger partial charge < -0.3 is 130 Å². The van der Waals surface area contributed by atoms with E-state index in [0.29, 0.717) is 0 Å². The van der Waals surface area contributed by atoms with E-state index in [9.17, 15) is 86.2 Å². The number of aliphatic hydroxyl groups is 15. The third kappa shape index (κ3) is 11.1.